The van der Waals surface area contributed by atoms with Crippen molar-refractivity contribution in [1.29, 1.82) is 0 Å². The van der Waals surface area contributed by atoms with Crippen LogP contribution in [0.4, 0.5) is 10.2 Å². The van der Waals surface area contributed by atoms with Gasteiger partial charge in [0.2, 0.25) is 5.91 Å². The average molecular weight is 419 g/mol. The minimum atomic E-state index is -1.05. The number of aryl methyl sites for hydroxylation is 1. The SMILES string of the molecule is CCC(O)c1cc(C)c(-c2cc3cnc(NC(=O)C4CC4F)cc3n3ccnc23)cn1. The topological polar surface area (TPSA) is 92.4 Å². The largest absolute Gasteiger partial charge is 0.387 e. The molecule has 1 amide bonds. The van der Waals surface area contributed by atoms with Crippen LogP contribution in [0.1, 0.15) is 37.1 Å². The van der Waals surface area contributed by atoms with Crippen LogP contribution in [-0.4, -0.2) is 36.5 Å². The molecule has 0 aromatic carbocycles. The van der Waals surface area contributed by atoms with E-state index in [1.54, 1.807) is 24.7 Å². The number of carbonyl (C=O) groups excluding carboxylic acids is 1. The Morgan fingerprint density at radius 1 is 1.26 bits per heavy atom. The quantitative estimate of drug-likeness (QED) is 0.510. The van der Waals surface area contributed by atoms with Crippen molar-refractivity contribution in [1.82, 2.24) is 19.4 Å². The standard InChI is InChI=1S/C23H22FN5O2/c1-3-20(30)18-6-12(2)16(11-26-18)14-7-13-10-27-21(28-23(31)15-8-17(15)24)9-19(13)29-5-4-25-22(14)29/h4-7,9-11,15,17,20,30H,3,8H2,1-2H3,(H,27,28,31). The average Bonchev–Trinajstić information content (AvgIpc) is 3.30. The van der Waals surface area contributed by atoms with E-state index < -0.39 is 18.2 Å². The summed E-state index contributed by atoms with van der Waals surface area (Å²) < 4.78 is 15.1. The van der Waals surface area contributed by atoms with E-state index in [1.807, 2.05) is 36.6 Å². The summed E-state index contributed by atoms with van der Waals surface area (Å²) in [7, 11) is 0. The fourth-order valence-corrected chi connectivity index (χ4v) is 3.86. The van der Waals surface area contributed by atoms with Gasteiger partial charge in [-0.15, -0.1) is 0 Å². The summed E-state index contributed by atoms with van der Waals surface area (Å²) in [5.41, 5.74) is 5.04. The Morgan fingerprint density at radius 3 is 2.77 bits per heavy atom. The van der Waals surface area contributed by atoms with E-state index in [4.69, 9.17) is 0 Å². The Hall–Kier alpha value is -3.39. The van der Waals surface area contributed by atoms with Crippen molar-refractivity contribution in [3.63, 3.8) is 0 Å². The molecule has 5 rings (SSSR count). The van der Waals surface area contributed by atoms with Crippen molar-refractivity contribution in [2.75, 3.05) is 5.32 Å². The molecule has 1 aliphatic carbocycles. The van der Waals surface area contributed by atoms with E-state index >= 15 is 0 Å². The van der Waals surface area contributed by atoms with Crippen LogP contribution in [0.2, 0.25) is 0 Å². The van der Waals surface area contributed by atoms with Crippen LogP contribution in [-0.2, 0) is 4.79 Å². The number of nitrogens with zero attached hydrogens (tertiary/aromatic N) is 4. The lowest BCUT2D eigenvalue weighted by molar-refractivity contribution is -0.117. The highest BCUT2D eigenvalue weighted by Gasteiger charge is 2.43. The maximum atomic E-state index is 13.2. The van der Waals surface area contributed by atoms with Gasteiger partial charge >= 0.3 is 0 Å². The van der Waals surface area contributed by atoms with Crippen LogP contribution in [0.15, 0.2) is 43.0 Å². The summed E-state index contributed by atoms with van der Waals surface area (Å²) >= 11 is 0. The molecule has 0 saturated heterocycles. The van der Waals surface area contributed by atoms with E-state index in [2.05, 4.69) is 20.3 Å². The first kappa shape index (κ1) is 19.6. The van der Waals surface area contributed by atoms with Gasteiger partial charge in [0, 0.05) is 47.4 Å². The number of nitrogens with one attached hydrogen (secondary N) is 1. The Bertz CT molecular complexity index is 1320. The molecule has 0 aliphatic heterocycles. The molecule has 1 fully saturated rings. The normalized spacial score (nSPS) is 19.0. The summed E-state index contributed by atoms with van der Waals surface area (Å²) in [6.45, 7) is 3.90. The number of pyridine rings is 3. The van der Waals surface area contributed by atoms with E-state index in [0.29, 0.717) is 17.9 Å². The lowest BCUT2D eigenvalue weighted by Gasteiger charge is -2.14. The number of aliphatic hydroxyl groups excluding tert-OH is 1. The molecule has 0 radical (unpaired) electrons. The lowest BCUT2D eigenvalue weighted by Crippen LogP contribution is -2.16. The summed E-state index contributed by atoms with van der Waals surface area (Å²) in [6, 6.07) is 5.67. The van der Waals surface area contributed by atoms with Gasteiger partial charge < -0.3 is 10.4 Å². The van der Waals surface area contributed by atoms with Crippen LogP contribution in [0.25, 0.3) is 27.7 Å². The molecule has 0 spiro atoms. The number of hydrogen-bond acceptors (Lipinski definition) is 5. The molecule has 3 unspecified atom stereocenters. The van der Waals surface area contributed by atoms with Crippen LogP contribution < -0.4 is 5.32 Å². The zero-order valence-electron chi connectivity index (χ0n) is 17.2. The van der Waals surface area contributed by atoms with Gasteiger partial charge in [-0.1, -0.05) is 6.92 Å². The van der Waals surface area contributed by atoms with Crippen molar-refractivity contribution in [2.24, 2.45) is 5.92 Å². The van der Waals surface area contributed by atoms with Gasteiger partial charge in [-0.25, -0.2) is 14.4 Å². The van der Waals surface area contributed by atoms with Crippen molar-refractivity contribution < 1.29 is 14.3 Å². The molecule has 1 saturated carbocycles. The van der Waals surface area contributed by atoms with E-state index in [9.17, 15) is 14.3 Å². The molecule has 158 valence electrons. The molecular weight excluding hydrogens is 397 g/mol. The highest BCUT2D eigenvalue weighted by Crippen LogP contribution is 2.35. The number of halogens is 1. The first-order chi connectivity index (χ1) is 15.0. The molecular formula is C23H22FN5O2. The monoisotopic (exact) mass is 419 g/mol. The molecule has 8 heteroatoms. The minimum absolute atomic E-state index is 0.274. The first-order valence-corrected chi connectivity index (χ1v) is 10.3. The summed E-state index contributed by atoms with van der Waals surface area (Å²) in [5.74, 6) is -0.526. The smallest absolute Gasteiger partial charge is 0.231 e. The van der Waals surface area contributed by atoms with Gasteiger partial charge in [0.05, 0.1) is 23.2 Å². The van der Waals surface area contributed by atoms with Crippen LogP contribution in [0.3, 0.4) is 0 Å². The maximum Gasteiger partial charge on any atom is 0.231 e. The maximum absolute atomic E-state index is 13.2. The Balaban J connectivity index is 1.58. The number of anilines is 1. The number of carbonyl (C=O) groups is 1. The van der Waals surface area contributed by atoms with Gasteiger partial charge in [-0.3, -0.25) is 14.2 Å². The van der Waals surface area contributed by atoms with E-state index in [-0.39, 0.29) is 12.3 Å². The third-order valence-corrected chi connectivity index (χ3v) is 5.80. The Kier molecular flexibility index (Phi) is 4.66. The van der Waals surface area contributed by atoms with Crippen LogP contribution in [0.5, 0.6) is 0 Å². The number of aromatic nitrogens is 4. The molecule has 4 aromatic heterocycles. The zero-order valence-corrected chi connectivity index (χ0v) is 17.2. The predicted octanol–water partition coefficient (Wildman–Crippen LogP) is 3.99. The van der Waals surface area contributed by atoms with Gasteiger partial charge in [0.1, 0.15) is 17.6 Å². The number of fused-ring (bicyclic) bond motifs is 3. The van der Waals surface area contributed by atoms with Crippen LogP contribution >= 0.6 is 0 Å². The van der Waals surface area contributed by atoms with E-state index in [1.165, 1.54) is 0 Å². The van der Waals surface area contributed by atoms with Crippen LogP contribution in [0, 0.1) is 12.8 Å². The highest BCUT2D eigenvalue weighted by atomic mass is 19.1. The molecule has 0 bridgehead atoms. The number of amides is 1. The summed E-state index contributed by atoms with van der Waals surface area (Å²) in [5, 5.41) is 13.7. The predicted molar refractivity (Wildman–Crippen MR) is 115 cm³/mol. The summed E-state index contributed by atoms with van der Waals surface area (Å²) in [6.07, 6.45) is 6.26. The molecule has 4 heterocycles. The highest BCUT2D eigenvalue weighted by molar-refractivity contribution is 5.97. The van der Waals surface area contributed by atoms with Crippen molar-refractivity contribution in [2.45, 2.75) is 39.0 Å². The van der Waals surface area contributed by atoms with Crippen molar-refractivity contribution in [3.05, 3.63) is 54.2 Å². The third kappa shape index (κ3) is 3.42. The molecule has 3 atom stereocenters. The minimum Gasteiger partial charge on any atom is -0.387 e. The number of aliphatic hydroxyl groups is 1. The zero-order chi connectivity index (χ0) is 21.7. The fourth-order valence-electron chi connectivity index (χ4n) is 3.86. The van der Waals surface area contributed by atoms with Gasteiger partial charge in [-0.05, 0) is 37.5 Å². The van der Waals surface area contributed by atoms with Gasteiger partial charge in [-0.2, -0.15) is 0 Å². The first-order valence-electron chi connectivity index (χ1n) is 10.3. The lowest BCUT2D eigenvalue weighted by atomic mass is 10.0. The molecule has 1 aliphatic rings. The van der Waals surface area contributed by atoms with Crippen molar-refractivity contribution >= 4 is 28.3 Å². The Morgan fingerprint density at radius 2 is 2.06 bits per heavy atom. The fraction of sp³-hybridized carbons (Fsp3) is 0.304. The Labute approximate surface area is 178 Å². The van der Waals surface area contributed by atoms with Crippen molar-refractivity contribution in [3.8, 4) is 11.1 Å². The molecule has 2 N–H and O–H groups in total. The van der Waals surface area contributed by atoms with E-state index in [0.717, 1.165) is 33.2 Å². The summed E-state index contributed by atoms with van der Waals surface area (Å²) in [4.78, 5) is 25.4. The molecule has 7 nitrogen and oxygen atoms in total. The number of hydrogen-bond donors (Lipinski definition) is 2. The molecule has 31 heavy (non-hydrogen) atoms. The van der Waals surface area contributed by atoms with Gasteiger partial charge in [0.25, 0.3) is 0 Å². The third-order valence-electron chi connectivity index (χ3n) is 5.80. The second kappa shape index (κ2) is 7.39. The number of rotatable bonds is 5. The number of imidazole rings is 1. The molecule has 4 aromatic rings. The second-order valence-corrected chi connectivity index (χ2v) is 8.00. The van der Waals surface area contributed by atoms with Gasteiger partial charge in [0.15, 0.2) is 0 Å². The second-order valence-electron chi connectivity index (χ2n) is 8.00. The number of alkyl halides is 1.